The maximum Gasteiger partial charge on any atom is 0.248 e. The van der Waals surface area contributed by atoms with Crippen LogP contribution in [0.3, 0.4) is 0 Å². The highest BCUT2D eigenvalue weighted by atomic mass is 15.2. The van der Waals surface area contributed by atoms with Gasteiger partial charge < -0.3 is 9.47 Å². The molecular formula is C44H27BN2. The summed E-state index contributed by atoms with van der Waals surface area (Å²) < 4.78 is 2.47. The first-order valence-electron chi connectivity index (χ1n) is 16.4. The average Bonchev–Trinajstić information content (AvgIpc) is 3.65. The van der Waals surface area contributed by atoms with Gasteiger partial charge in [-0.05, 0) is 63.2 Å². The molecule has 2 aliphatic rings. The van der Waals surface area contributed by atoms with Crippen LogP contribution in [0.2, 0.25) is 0 Å². The van der Waals surface area contributed by atoms with Gasteiger partial charge in [0.15, 0.2) is 0 Å². The monoisotopic (exact) mass is 594 g/mol. The van der Waals surface area contributed by atoms with Gasteiger partial charge in [0.2, 0.25) is 6.71 Å². The van der Waals surface area contributed by atoms with Crippen molar-refractivity contribution in [1.82, 2.24) is 4.57 Å². The molecule has 0 bridgehead atoms. The smallest absolute Gasteiger partial charge is 0.248 e. The van der Waals surface area contributed by atoms with Gasteiger partial charge in [0.25, 0.3) is 0 Å². The van der Waals surface area contributed by atoms with E-state index in [1.54, 1.807) is 0 Å². The van der Waals surface area contributed by atoms with Crippen molar-refractivity contribution < 1.29 is 0 Å². The molecule has 0 unspecified atom stereocenters. The van der Waals surface area contributed by atoms with Crippen LogP contribution in [0.15, 0.2) is 164 Å². The van der Waals surface area contributed by atoms with Gasteiger partial charge in [0.1, 0.15) is 0 Å². The van der Waals surface area contributed by atoms with Crippen molar-refractivity contribution in [3.8, 4) is 16.8 Å². The number of hydrogen-bond acceptors (Lipinski definition) is 1. The molecule has 0 radical (unpaired) electrons. The molecule has 0 N–H and O–H groups in total. The van der Waals surface area contributed by atoms with E-state index < -0.39 is 0 Å². The lowest BCUT2D eigenvalue weighted by Crippen LogP contribution is -2.54. The fraction of sp³-hybridized carbons (Fsp3) is 0. The number of nitrogens with zero attached hydrogens (tertiary/aromatic N) is 2. The fourth-order valence-corrected chi connectivity index (χ4v) is 8.67. The number of hydrogen-bond donors (Lipinski definition) is 0. The van der Waals surface area contributed by atoms with Crippen molar-refractivity contribution in [3.63, 3.8) is 0 Å². The zero-order valence-electron chi connectivity index (χ0n) is 25.6. The molecule has 0 amide bonds. The Morgan fingerprint density at radius 1 is 0.404 bits per heavy atom. The molecule has 0 aliphatic carbocycles. The highest BCUT2D eigenvalue weighted by Gasteiger charge is 2.43. The third-order valence-electron chi connectivity index (χ3n) is 10.5. The van der Waals surface area contributed by atoms with Gasteiger partial charge in [-0.15, -0.1) is 0 Å². The molecule has 1 aromatic heterocycles. The van der Waals surface area contributed by atoms with E-state index in [1.807, 2.05) is 0 Å². The van der Waals surface area contributed by atoms with E-state index >= 15 is 0 Å². The van der Waals surface area contributed by atoms with Gasteiger partial charge >= 0.3 is 0 Å². The van der Waals surface area contributed by atoms with Crippen molar-refractivity contribution in [2.24, 2.45) is 0 Å². The minimum absolute atomic E-state index is 0.161. The summed E-state index contributed by atoms with van der Waals surface area (Å²) in [5, 5.41) is 7.57. The molecule has 11 rings (SSSR count). The standard InChI is InChI=1S/C44H27BN2/c1-3-15-31-28(12-1)14-11-23-39(31)47-42-27-30(46-40-21-9-6-18-34(40)35-19-7-10-22-41(35)46)26-36-33-17-5-8-20-37(33)45(43(36)42)38-25-24-29-13-2-4-16-32(29)44(38)47/h1-27H. The summed E-state index contributed by atoms with van der Waals surface area (Å²) in [6.07, 6.45) is 0. The van der Waals surface area contributed by atoms with Crippen LogP contribution in [0.4, 0.5) is 17.1 Å². The molecule has 2 aliphatic heterocycles. The minimum Gasteiger partial charge on any atom is -0.310 e. The van der Waals surface area contributed by atoms with Crippen LogP contribution in [-0.2, 0) is 0 Å². The van der Waals surface area contributed by atoms with Crippen LogP contribution >= 0.6 is 0 Å². The number of benzene rings is 8. The highest BCUT2D eigenvalue weighted by Crippen LogP contribution is 2.47. The second-order valence-corrected chi connectivity index (χ2v) is 12.9. The number of fused-ring (bicyclic) bond motifs is 11. The predicted octanol–water partition coefficient (Wildman–Crippen LogP) is 9.37. The van der Waals surface area contributed by atoms with Crippen LogP contribution < -0.4 is 21.3 Å². The third-order valence-corrected chi connectivity index (χ3v) is 10.5. The number of anilines is 3. The number of para-hydroxylation sites is 2. The summed E-state index contributed by atoms with van der Waals surface area (Å²) in [4.78, 5) is 2.58. The van der Waals surface area contributed by atoms with Gasteiger partial charge in [-0.1, -0.05) is 139 Å². The van der Waals surface area contributed by atoms with Crippen LogP contribution in [-0.4, -0.2) is 11.3 Å². The maximum atomic E-state index is 2.58. The maximum absolute atomic E-state index is 2.58. The Morgan fingerprint density at radius 3 is 1.81 bits per heavy atom. The first-order chi connectivity index (χ1) is 23.3. The first-order valence-corrected chi connectivity index (χ1v) is 16.4. The van der Waals surface area contributed by atoms with Gasteiger partial charge in [-0.2, -0.15) is 0 Å². The number of rotatable bonds is 2. The van der Waals surface area contributed by atoms with Crippen molar-refractivity contribution >= 4 is 83.5 Å². The molecule has 0 saturated heterocycles. The van der Waals surface area contributed by atoms with Crippen molar-refractivity contribution in [1.29, 1.82) is 0 Å². The van der Waals surface area contributed by atoms with Crippen molar-refractivity contribution in [3.05, 3.63) is 164 Å². The summed E-state index contributed by atoms with van der Waals surface area (Å²) in [7, 11) is 0. The normalized spacial score (nSPS) is 13.0. The van der Waals surface area contributed by atoms with E-state index in [9.17, 15) is 0 Å². The number of aromatic nitrogens is 1. The molecule has 216 valence electrons. The largest absolute Gasteiger partial charge is 0.310 e. The molecule has 0 spiro atoms. The lowest BCUT2D eigenvalue weighted by molar-refractivity contribution is 1.17. The van der Waals surface area contributed by atoms with Gasteiger partial charge in [-0.25, -0.2) is 0 Å². The summed E-state index contributed by atoms with van der Waals surface area (Å²) in [5.74, 6) is 0. The highest BCUT2D eigenvalue weighted by molar-refractivity contribution is 7.01. The Balaban J connectivity index is 1.33. The van der Waals surface area contributed by atoms with E-state index in [0.29, 0.717) is 0 Å². The predicted molar refractivity (Wildman–Crippen MR) is 201 cm³/mol. The zero-order chi connectivity index (χ0) is 30.6. The zero-order valence-corrected chi connectivity index (χ0v) is 25.6. The summed E-state index contributed by atoms with van der Waals surface area (Å²) in [5.41, 5.74) is 14.2. The molecule has 0 saturated carbocycles. The van der Waals surface area contributed by atoms with Gasteiger partial charge in [0, 0.05) is 38.6 Å². The van der Waals surface area contributed by atoms with Crippen LogP contribution in [0, 0.1) is 0 Å². The molecule has 8 aromatic carbocycles. The van der Waals surface area contributed by atoms with E-state index in [4.69, 9.17) is 0 Å². The molecule has 0 fully saturated rings. The quantitative estimate of drug-likeness (QED) is 0.181. The molecule has 2 nitrogen and oxygen atoms in total. The van der Waals surface area contributed by atoms with Crippen molar-refractivity contribution in [2.45, 2.75) is 0 Å². The third kappa shape index (κ3) is 3.30. The van der Waals surface area contributed by atoms with Crippen molar-refractivity contribution in [2.75, 3.05) is 4.90 Å². The van der Waals surface area contributed by atoms with Crippen LogP contribution in [0.5, 0.6) is 0 Å². The van der Waals surface area contributed by atoms with E-state index in [2.05, 4.69) is 173 Å². The SMILES string of the molecule is c1ccc2c(c1)B1c3ccc4ccccc4c3N(c3cccc4ccccc34)c3cc(-n4c5ccccc5c5ccccc54)cc-2c31. The Kier molecular flexibility index (Phi) is 4.95. The van der Waals surface area contributed by atoms with Gasteiger partial charge in [-0.3, -0.25) is 0 Å². The lowest BCUT2D eigenvalue weighted by Gasteiger charge is -2.38. The van der Waals surface area contributed by atoms with E-state index in [1.165, 1.54) is 93.6 Å². The van der Waals surface area contributed by atoms with Crippen LogP contribution in [0.25, 0.3) is 60.2 Å². The van der Waals surface area contributed by atoms with Crippen LogP contribution in [0.1, 0.15) is 0 Å². The molecule has 0 atom stereocenters. The first kappa shape index (κ1) is 25.2. The van der Waals surface area contributed by atoms with E-state index in [-0.39, 0.29) is 6.71 Å². The Morgan fingerprint density at radius 2 is 1.02 bits per heavy atom. The van der Waals surface area contributed by atoms with E-state index in [0.717, 1.165) is 0 Å². The molecule has 9 aromatic rings. The summed E-state index contributed by atoms with van der Waals surface area (Å²) in [6.45, 7) is 0.161. The summed E-state index contributed by atoms with van der Waals surface area (Å²) >= 11 is 0. The Hall–Kier alpha value is -6.06. The molecule has 3 heterocycles. The lowest BCUT2D eigenvalue weighted by atomic mass is 9.37. The molecular weight excluding hydrogens is 567 g/mol. The molecule has 3 heteroatoms. The fourth-order valence-electron chi connectivity index (χ4n) is 8.67. The Bertz CT molecular complexity index is 2710. The second kappa shape index (κ2) is 9.25. The second-order valence-electron chi connectivity index (χ2n) is 12.9. The molecule has 47 heavy (non-hydrogen) atoms. The Labute approximate surface area is 272 Å². The summed E-state index contributed by atoms with van der Waals surface area (Å²) in [6, 6.07) is 60.7. The van der Waals surface area contributed by atoms with Gasteiger partial charge in [0.05, 0.1) is 16.7 Å². The average molecular weight is 595 g/mol. The topological polar surface area (TPSA) is 8.17 Å². The minimum atomic E-state index is 0.161.